The van der Waals surface area contributed by atoms with E-state index in [2.05, 4.69) is 6.92 Å². The summed E-state index contributed by atoms with van der Waals surface area (Å²) < 4.78 is 16.9. The van der Waals surface area contributed by atoms with Gasteiger partial charge in [-0.15, -0.1) is 0 Å². The van der Waals surface area contributed by atoms with Gasteiger partial charge in [-0.1, -0.05) is 19.4 Å². The van der Waals surface area contributed by atoms with E-state index in [0.717, 1.165) is 18.4 Å². The molecule has 0 amide bonds. The maximum atomic E-state index is 11.8. The first-order chi connectivity index (χ1) is 13.5. The molecule has 7 nitrogen and oxygen atoms in total. The molecule has 2 aromatic rings. The van der Waals surface area contributed by atoms with Crippen LogP contribution in [-0.4, -0.2) is 31.0 Å². The van der Waals surface area contributed by atoms with Gasteiger partial charge in [0.1, 0.15) is 17.2 Å². The summed E-state index contributed by atoms with van der Waals surface area (Å²) in [6.45, 7) is 4.34. The first kappa shape index (κ1) is 21.2. The minimum absolute atomic E-state index is 0.00406. The van der Waals surface area contributed by atoms with Crippen molar-refractivity contribution in [1.29, 1.82) is 0 Å². The predicted molar refractivity (Wildman–Crippen MR) is 106 cm³/mol. The number of nitrogens with zero attached hydrogens (tertiary/aromatic N) is 1. The number of nitro groups is 1. The number of benzene rings is 2. The highest BCUT2D eigenvalue weighted by Crippen LogP contribution is 2.34. The van der Waals surface area contributed by atoms with Gasteiger partial charge in [-0.3, -0.25) is 14.9 Å². The molecule has 150 valence electrons. The third-order valence-corrected chi connectivity index (χ3v) is 4.14. The van der Waals surface area contributed by atoms with Crippen molar-refractivity contribution in [2.45, 2.75) is 33.1 Å². The molecule has 0 fully saturated rings. The first-order valence-electron chi connectivity index (χ1n) is 9.18. The van der Waals surface area contributed by atoms with E-state index in [9.17, 15) is 14.9 Å². The van der Waals surface area contributed by atoms with E-state index >= 15 is 0 Å². The smallest absolute Gasteiger partial charge is 0.273 e. The summed E-state index contributed by atoms with van der Waals surface area (Å²) in [6, 6.07) is 9.60. The molecule has 0 bridgehead atoms. The van der Waals surface area contributed by atoms with Crippen molar-refractivity contribution in [2.24, 2.45) is 0 Å². The maximum absolute atomic E-state index is 11.8. The second-order valence-electron chi connectivity index (χ2n) is 6.23. The van der Waals surface area contributed by atoms with Gasteiger partial charge in [-0.05, 0) is 31.5 Å². The molecule has 0 aromatic heterocycles. The van der Waals surface area contributed by atoms with Crippen LogP contribution in [0.3, 0.4) is 0 Å². The molecule has 0 saturated heterocycles. The second-order valence-corrected chi connectivity index (χ2v) is 6.23. The number of ether oxygens (including phenoxy) is 3. The Bertz CT molecular complexity index is 834. The van der Waals surface area contributed by atoms with Gasteiger partial charge in [-0.2, -0.15) is 0 Å². The molecular formula is C21H25NO6. The lowest BCUT2D eigenvalue weighted by molar-refractivity contribution is -0.384. The lowest BCUT2D eigenvalue weighted by Crippen LogP contribution is -2.08. The summed E-state index contributed by atoms with van der Waals surface area (Å²) in [5.41, 5.74) is 1.43. The molecule has 0 saturated carbocycles. The number of methoxy groups -OCH3 is 1. The minimum atomic E-state index is -0.455. The Hall–Kier alpha value is -3.09. The lowest BCUT2D eigenvalue weighted by atomic mass is 10.0. The van der Waals surface area contributed by atoms with Crippen molar-refractivity contribution in [3.63, 3.8) is 0 Å². The summed E-state index contributed by atoms with van der Waals surface area (Å²) in [5.74, 6) is 1.67. The quantitative estimate of drug-likeness (QED) is 0.242. The van der Waals surface area contributed by atoms with Gasteiger partial charge in [0, 0.05) is 18.1 Å². The Labute approximate surface area is 164 Å². The number of hydrogen-bond donors (Lipinski definition) is 0. The van der Waals surface area contributed by atoms with Crippen molar-refractivity contribution in [1.82, 2.24) is 0 Å². The van der Waals surface area contributed by atoms with E-state index in [1.165, 1.54) is 19.1 Å². The normalized spacial score (nSPS) is 10.4. The largest absolute Gasteiger partial charge is 0.496 e. The van der Waals surface area contributed by atoms with E-state index in [4.69, 9.17) is 14.2 Å². The monoisotopic (exact) mass is 387 g/mol. The number of hydrogen-bond acceptors (Lipinski definition) is 6. The number of nitro benzene ring substituents is 1. The molecule has 7 heteroatoms. The van der Waals surface area contributed by atoms with Gasteiger partial charge >= 0.3 is 0 Å². The van der Waals surface area contributed by atoms with Crippen LogP contribution in [0.2, 0.25) is 0 Å². The number of Topliss-reactive ketones (excluding diaryl/α,β-unsaturated/α-hetero) is 1. The Morgan fingerprint density at radius 3 is 2.54 bits per heavy atom. The second kappa shape index (κ2) is 10.3. The van der Waals surface area contributed by atoms with Crippen molar-refractivity contribution in [2.75, 3.05) is 20.3 Å². The molecule has 2 aromatic carbocycles. The Balaban J connectivity index is 1.96. The summed E-state index contributed by atoms with van der Waals surface area (Å²) in [5, 5.41) is 10.8. The maximum Gasteiger partial charge on any atom is 0.273 e. The molecule has 0 unspecified atom stereocenters. The number of non-ortho nitro benzene ring substituents is 1. The van der Waals surface area contributed by atoms with Crippen LogP contribution in [0.1, 0.15) is 42.6 Å². The molecule has 0 heterocycles. The Kier molecular flexibility index (Phi) is 7.80. The van der Waals surface area contributed by atoms with Gasteiger partial charge < -0.3 is 14.2 Å². The van der Waals surface area contributed by atoms with Crippen LogP contribution in [0.4, 0.5) is 5.69 Å². The molecule has 0 atom stereocenters. The number of rotatable bonds is 11. The molecule has 0 aliphatic carbocycles. The van der Waals surface area contributed by atoms with Crippen molar-refractivity contribution < 1.29 is 23.9 Å². The highest BCUT2D eigenvalue weighted by Gasteiger charge is 2.17. The molecule has 0 N–H and O–H groups in total. The number of carbonyl (C=O) groups is 1. The van der Waals surface area contributed by atoms with Gasteiger partial charge in [-0.25, -0.2) is 0 Å². The van der Waals surface area contributed by atoms with Crippen LogP contribution in [0, 0.1) is 10.1 Å². The van der Waals surface area contributed by atoms with E-state index in [-0.39, 0.29) is 11.5 Å². The van der Waals surface area contributed by atoms with Crippen LogP contribution in [0.15, 0.2) is 36.4 Å². The van der Waals surface area contributed by atoms with Gasteiger partial charge in [0.25, 0.3) is 5.69 Å². The molecule has 2 rings (SSSR count). The number of carbonyl (C=O) groups excluding carboxylic acids is 1. The van der Waals surface area contributed by atoms with E-state index in [0.29, 0.717) is 42.4 Å². The van der Waals surface area contributed by atoms with Crippen molar-refractivity contribution in [3.8, 4) is 17.2 Å². The molecule has 0 spiro atoms. The van der Waals surface area contributed by atoms with Crippen LogP contribution >= 0.6 is 0 Å². The summed E-state index contributed by atoms with van der Waals surface area (Å²) in [6.07, 6.45) is 2.23. The first-order valence-corrected chi connectivity index (χ1v) is 9.18. The SMILES string of the molecule is CCCc1c(OCCCOc2cccc([N+](=O)[O-])c2)ccc(C(C)=O)c1OC. The summed E-state index contributed by atoms with van der Waals surface area (Å²) in [7, 11) is 1.55. The summed E-state index contributed by atoms with van der Waals surface area (Å²) in [4.78, 5) is 22.1. The number of ketones is 1. The van der Waals surface area contributed by atoms with Crippen LogP contribution in [0.5, 0.6) is 17.2 Å². The van der Waals surface area contributed by atoms with Crippen LogP contribution < -0.4 is 14.2 Å². The average molecular weight is 387 g/mol. The van der Waals surface area contributed by atoms with Gasteiger partial charge in [0.2, 0.25) is 0 Å². The fraction of sp³-hybridized carbons (Fsp3) is 0.381. The highest BCUT2D eigenvalue weighted by atomic mass is 16.6. The Morgan fingerprint density at radius 2 is 1.89 bits per heavy atom. The molecular weight excluding hydrogens is 362 g/mol. The molecule has 0 aliphatic rings. The fourth-order valence-electron chi connectivity index (χ4n) is 2.86. The van der Waals surface area contributed by atoms with Gasteiger partial charge in [0.05, 0.1) is 36.9 Å². The minimum Gasteiger partial charge on any atom is -0.496 e. The topological polar surface area (TPSA) is 87.9 Å². The van der Waals surface area contributed by atoms with E-state index < -0.39 is 4.92 Å². The van der Waals surface area contributed by atoms with Gasteiger partial charge in [0.15, 0.2) is 5.78 Å². The predicted octanol–water partition coefficient (Wildman–Crippen LogP) is 4.61. The van der Waals surface area contributed by atoms with Crippen molar-refractivity contribution in [3.05, 3.63) is 57.6 Å². The Morgan fingerprint density at radius 1 is 1.14 bits per heavy atom. The highest BCUT2D eigenvalue weighted by molar-refractivity contribution is 5.97. The standard InChI is InChI=1S/C21H25NO6/c1-4-7-19-20(11-10-18(15(2)23)21(19)26-3)28-13-6-12-27-17-9-5-8-16(14-17)22(24)25/h5,8-11,14H,4,6-7,12-13H2,1-3H3. The lowest BCUT2D eigenvalue weighted by Gasteiger charge is -2.17. The van der Waals surface area contributed by atoms with Crippen LogP contribution in [-0.2, 0) is 6.42 Å². The average Bonchev–Trinajstić information content (AvgIpc) is 2.68. The summed E-state index contributed by atoms with van der Waals surface area (Å²) >= 11 is 0. The van der Waals surface area contributed by atoms with Crippen molar-refractivity contribution >= 4 is 11.5 Å². The van der Waals surface area contributed by atoms with E-state index in [1.807, 2.05) is 0 Å². The third-order valence-electron chi connectivity index (χ3n) is 4.14. The zero-order chi connectivity index (χ0) is 20.5. The molecule has 28 heavy (non-hydrogen) atoms. The van der Waals surface area contributed by atoms with Crippen LogP contribution in [0.25, 0.3) is 0 Å². The zero-order valence-corrected chi connectivity index (χ0v) is 16.4. The molecule has 0 aliphatic heterocycles. The van der Waals surface area contributed by atoms with E-state index in [1.54, 1.807) is 31.4 Å². The fourth-order valence-corrected chi connectivity index (χ4v) is 2.86. The third kappa shape index (κ3) is 5.45. The molecule has 0 radical (unpaired) electrons. The zero-order valence-electron chi connectivity index (χ0n) is 16.4.